The third-order valence-electron chi connectivity index (χ3n) is 3.58. The molecule has 0 aliphatic carbocycles. The van der Waals surface area contributed by atoms with E-state index in [-0.39, 0.29) is 0 Å². The monoisotopic (exact) mass is 347 g/mol. The Morgan fingerprint density at radius 2 is 0.500 bits per heavy atom. The first-order valence-electron chi connectivity index (χ1n) is 9.66. The molecule has 0 aromatic heterocycles. The van der Waals surface area contributed by atoms with Gasteiger partial charge < -0.3 is 24.5 Å². The van der Waals surface area contributed by atoms with Gasteiger partial charge in [0, 0.05) is 52.4 Å². The molecule has 0 heterocycles. The van der Waals surface area contributed by atoms with Crippen molar-refractivity contribution < 1.29 is 0 Å². The lowest BCUT2D eigenvalue weighted by Crippen LogP contribution is -2.38. The zero-order chi connectivity index (χ0) is 19.5. The molecular weight excluding hydrogens is 298 g/mol. The fraction of sp³-hybridized carbons (Fsp3) is 1.00. The maximum atomic E-state index is 2.43. The average molecular weight is 348 g/mol. The molecule has 0 aromatic carbocycles. The third kappa shape index (κ3) is 24.1. The summed E-state index contributed by atoms with van der Waals surface area (Å²) in [6.45, 7) is 17.1. The number of nitrogens with zero attached hydrogens (tertiary/aromatic N) is 5. The van der Waals surface area contributed by atoms with Crippen LogP contribution in [0.25, 0.3) is 0 Å². The summed E-state index contributed by atoms with van der Waals surface area (Å²) in [6, 6.07) is 0. The van der Waals surface area contributed by atoms with Crippen LogP contribution in [0.4, 0.5) is 0 Å². The van der Waals surface area contributed by atoms with E-state index in [0.717, 1.165) is 52.4 Å². The molecule has 0 aromatic rings. The van der Waals surface area contributed by atoms with Crippen LogP contribution in [0.15, 0.2) is 0 Å². The Kier molecular flexibility index (Phi) is 24.8. The molecule has 0 rings (SSSR count). The van der Waals surface area contributed by atoms with Crippen LogP contribution >= 0.6 is 0 Å². The Balaban J connectivity index is -0.00000102. The molecule has 5 nitrogen and oxygen atoms in total. The minimum absolute atomic E-state index is 1.13. The molecule has 5 heteroatoms. The molecule has 0 saturated carbocycles. The first-order valence-corrected chi connectivity index (χ1v) is 9.66. The number of rotatable bonds is 12. The fourth-order valence-corrected chi connectivity index (χ4v) is 1.76. The summed E-state index contributed by atoms with van der Waals surface area (Å²) >= 11 is 0. The van der Waals surface area contributed by atoms with Crippen molar-refractivity contribution in [2.75, 3.05) is 102 Å². The summed E-state index contributed by atoms with van der Waals surface area (Å²) in [4.78, 5) is 11.7. The summed E-state index contributed by atoms with van der Waals surface area (Å²) in [5, 5.41) is 0. The van der Waals surface area contributed by atoms with E-state index in [1.54, 1.807) is 0 Å². The van der Waals surface area contributed by atoms with Crippen molar-refractivity contribution in [1.82, 2.24) is 24.5 Å². The molecule has 0 bridgehead atoms. The predicted octanol–water partition coefficient (Wildman–Crippen LogP) is 1.96. The summed E-state index contributed by atoms with van der Waals surface area (Å²) in [6.07, 6.45) is 0. The minimum atomic E-state index is 1.13. The Morgan fingerprint density at radius 1 is 0.333 bits per heavy atom. The van der Waals surface area contributed by atoms with Crippen molar-refractivity contribution >= 4 is 0 Å². The van der Waals surface area contributed by atoms with Gasteiger partial charge in [0.2, 0.25) is 0 Å². The highest BCUT2D eigenvalue weighted by molar-refractivity contribution is 4.61. The van der Waals surface area contributed by atoms with Crippen LogP contribution in [0.2, 0.25) is 0 Å². The number of hydrogen-bond acceptors (Lipinski definition) is 5. The molecule has 0 unspecified atom stereocenters. The van der Waals surface area contributed by atoms with Gasteiger partial charge in [-0.15, -0.1) is 0 Å². The van der Waals surface area contributed by atoms with Gasteiger partial charge in [-0.1, -0.05) is 27.7 Å². The Morgan fingerprint density at radius 3 is 0.667 bits per heavy atom. The van der Waals surface area contributed by atoms with Crippen LogP contribution in [0.1, 0.15) is 27.7 Å². The van der Waals surface area contributed by atoms with E-state index in [9.17, 15) is 0 Å². The minimum Gasteiger partial charge on any atom is -0.308 e. The van der Waals surface area contributed by atoms with Gasteiger partial charge in [-0.2, -0.15) is 0 Å². The van der Waals surface area contributed by atoms with Crippen LogP contribution in [0.5, 0.6) is 0 Å². The lowest BCUT2D eigenvalue weighted by molar-refractivity contribution is 0.210. The van der Waals surface area contributed by atoms with E-state index in [1.165, 1.54) is 0 Å². The maximum Gasteiger partial charge on any atom is 0.0107 e. The van der Waals surface area contributed by atoms with Crippen molar-refractivity contribution in [2.45, 2.75) is 27.7 Å². The second-order valence-corrected chi connectivity index (χ2v) is 6.52. The smallest absolute Gasteiger partial charge is 0.0107 e. The molecule has 0 aliphatic heterocycles. The first-order chi connectivity index (χ1) is 11.3. The van der Waals surface area contributed by atoms with Gasteiger partial charge in [0.05, 0.1) is 0 Å². The van der Waals surface area contributed by atoms with Crippen LogP contribution in [-0.4, -0.2) is 126 Å². The van der Waals surface area contributed by atoms with Crippen molar-refractivity contribution in [2.24, 2.45) is 0 Å². The highest BCUT2D eigenvalue weighted by Crippen LogP contribution is 1.90. The quantitative estimate of drug-likeness (QED) is 0.535. The van der Waals surface area contributed by atoms with E-state index >= 15 is 0 Å². The van der Waals surface area contributed by atoms with Crippen molar-refractivity contribution in [3.05, 3.63) is 0 Å². The number of hydrogen-bond donors (Lipinski definition) is 0. The van der Waals surface area contributed by atoms with Gasteiger partial charge in [-0.25, -0.2) is 0 Å². The van der Waals surface area contributed by atoms with E-state index in [0.29, 0.717) is 0 Å². The molecular formula is C19H49N5. The molecule has 0 atom stereocenters. The van der Waals surface area contributed by atoms with Crippen molar-refractivity contribution in [3.63, 3.8) is 0 Å². The van der Waals surface area contributed by atoms with Crippen LogP contribution in [0, 0.1) is 0 Å². The molecule has 24 heavy (non-hydrogen) atoms. The highest BCUT2D eigenvalue weighted by Gasteiger charge is 2.05. The topological polar surface area (TPSA) is 16.2 Å². The highest BCUT2D eigenvalue weighted by atomic mass is 15.2. The SMILES string of the molecule is CC.CC.CN(C)CCN(C)CCN(C)CCN(C)CCN(C)C. The van der Waals surface area contributed by atoms with Crippen LogP contribution in [0.3, 0.4) is 0 Å². The normalized spacial score (nSPS) is 11.0. The fourth-order valence-electron chi connectivity index (χ4n) is 1.76. The molecule has 0 radical (unpaired) electrons. The van der Waals surface area contributed by atoms with E-state index in [4.69, 9.17) is 0 Å². The summed E-state index contributed by atoms with van der Waals surface area (Å²) in [5.74, 6) is 0. The van der Waals surface area contributed by atoms with Gasteiger partial charge in [0.1, 0.15) is 0 Å². The molecule has 0 N–H and O–H groups in total. The van der Waals surface area contributed by atoms with E-state index in [2.05, 4.69) is 73.8 Å². The van der Waals surface area contributed by atoms with Gasteiger partial charge in [0.25, 0.3) is 0 Å². The standard InChI is InChI=1S/C15H37N5.2C2H6/c1-16(2)8-10-18(5)12-14-20(7)15-13-19(6)11-9-17(3)4;2*1-2/h8-15H2,1-7H3;2*1-2H3. The largest absolute Gasteiger partial charge is 0.308 e. The summed E-state index contributed by atoms with van der Waals surface area (Å²) in [7, 11) is 15.2. The first kappa shape index (κ1) is 28.6. The Bertz CT molecular complexity index is 200. The second-order valence-electron chi connectivity index (χ2n) is 6.52. The molecule has 0 amide bonds. The third-order valence-corrected chi connectivity index (χ3v) is 3.58. The van der Waals surface area contributed by atoms with Crippen LogP contribution < -0.4 is 0 Å². The van der Waals surface area contributed by atoms with Crippen LogP contribution in [-0.2, 0) is 0 Å². The van der Waals surface area contributed by atoms with Crippen molar-refractivity contribution in [1.29, 1.82) is 0 Å². The Hall–Kier alpha value is -0.200. The average Bonchev–Trinajstić information content (AvgIpc) is 2.57. The second kappa shape index (κ2) is 20.8. The molecule has 0 saturated heterocycles. The van der Waals surface area contributed by atoms with Gasteiger partial charge in [-0.05, 0) is 49.3 Å². The Labute approximate surface area is 154 Å². The molecule has 150 valence electrons. The van der Waals surface area contributed by atoms with Crippen molar-refractivity contribution in [3.8, 4) is 0 Å². The zero-order valence-corrected chi connectivity index (χ0v) is 18.9. The van der Waals surface area contributed by atoms with Gasteiger partial charge >= 0.3 is 0 Å². The van der Waals surface area contributed by atoms with E-state index < -0.39 is 0 Å². The lowest BCUT2D eigenvalue weighted by Gasteiger charge is -2.25. The van der Waals surface area contributed by atoms with Gasteiger partial charge in [0.15, 0.2) is 0 Å². The maximum absolute atomic E-state index is 2.43. The summed E-state index contributed by atoms with van der Waals surface area (Å²) in [5.41, 5.74) is 0. The zero-order valence-electron chi connectivity index (χ0n) is 18.9. The molecule has 0 spiro atoms. The summed E-state index contributed by atoms with van der Waals surface area (Å²) < 4.78 is 0. The number of likely N-dealkylation sites (N-methyl/N-ethyl adjacent to an activating group) is 5. The molecule has 0 fully saturated rings. The lowest BCUT2D eigenvalue weighted by atomic mass is 10.4. The predicted molar refractivity (Wildman–Crippen MR) is 112 cm³/mol. The van der Waals surface area contributed by atoms with E-state index in [1.807, 2.05) is 27.7 Å². The van der Waals surface area contributed by atoms with Gasteiger partial charge in [-0.3, -0.25) is 0 Å². The molecule has 0 aliphatic rings.